The zero-order chi connectivity index (χ0) is 16.0. The Morgan fingerprint density at radius 3 is 2.22 bits per heavy atom. The van der Waals surface area contributed by atoms with Gasteiger partial charge in [0, 0.05) is 6.42 Å². The van der Waals surface area contributed by atoms with Gasteiger partial charge in [-0.1, -0.05) is 61.5 Å². The summed E-state index contributed by atoms with van der Waals surface area (Å²) in [6.45, 7) is 2.17. The molecule has 0 aliphatic heterocycles. The molecule has 4 aromatic rings. The highest BCUT2D eigenvalue weighted by Crippen LogP contribution is 2.38. The zero-order valence-electron chi connectivity index (χ0n) is 13.0. The maximum atomic E-state index is 11.1. The van der Waals surface area contributed by atoms with Crippen molar-refractivity contribution in [3.63, 3.8) is 0 Å². The van der Waals surface area contributed by atoms with Crippen molar-refractivity contribution < 1.29 is 4.79 Å². The van der Waals surface area contributed by atoms with Crippen molar-refractivity contribution in [2.45, 2.75) is 25.7 Å². The van der Waals surface area contributed by atoms with E-state index in [1.807, 2.05) is 0 Å². The molecular formula is C21H17ClO. The van der Waals surface area contributed by atoms with Crippen molar-refractivity contribution in [1.29, 1.82) is 0 Å². The fourth-order valence-electron chi connectivity index (χ4n) is 3.67. The molecule has 4 aromatic carbocycles. The topological polar surface area (TPSA) is 17.1 Å². The van der Waals surface area contributed by atoms with Crippen LogP contribution in [0.15, 0.2) is 54.6 Å². The van der Waals surface area contributed by atoms with Crippen molar-refractivity contribution in [3.05, 3.63) is 60.2 Å². The molecule has 0 bridgehead atoms. The number of rotatable bonds is 4. The highest BCUT2D eigenvalue weighted by molar-refractivity contribution is 6.63. The quantitative estimate of drug-likeness (QED) is 0.321. The predicted molar refractivity (Wildman–Crippen MR) is 98.7 cm³/mol. The molecule has 1 atom stereocenters. The van der Waals surface area contributed by atoms with E-state index in [1.54, 1.807) is 0 Å². The zero-order valence-corrected chi connectivity index (χ0v) is 13.7. The average molecular weight is 321 g/mol. The fraction of sp³-hybridized carbons (Fsp3) is 0.190. The number of carbonyl (C=O) groups is 1. The number of hydrogen-bond donors (Lipinski definition) is 0. The Morgan fingerprint density at radius 2 is 1.52 bits per heavy atom. The minimum absolute atomic E-state index is 0.255. The van der Waals surface area contributed by atoms with Crippen LogP contribution in [0.4, 0.5) is 0 Å². The van der Waals surface area contributed by atoms with Crippen LogP contribution in [-0.4, -0.2) is 5.24 Å². The predicted octanol–water partition coefficient (Wildman–Crippen LogP) is 6.23. The third-order valence-corrected chi connectivity index (χ3v) is 5.06. The van der Waals surface area contributed by atoms with Crippen LogP contribution < -0.4 is 0 Å². The van der Waals surface area contributed by atoms with Crippen LogP contribution in [0.1, 0.15) is 31.2 Å². The van der Waals surface area contributed by atoms with Crippen molar-refractivity contribution in [2.75, 3.05) is 0 Å². The molecule has 0 saturated carbocycles. The molecule has 114 valence electrons. The molecule has 0 aliphatic rings. The van der Waals surface area contributed by atoms with Crippen molar-refractivity contribution in [1.82, 2.24) is 0 Å². The Labute approximate surface area is 140 Å². The van der Waals surface area contributed by atoms with E-state index >= 15 is 0 Å². The van der Waals surface area contributed by atoms with Gasteiger partial charge in [-0.05, 0) is 61.8 Å². The Hall–Kier alpha value is -2.12. The summed E-state index contributed by atoms with van der Waals surface area (Å²) >= 11 is 5.51. The van der Waals surface area contributed by atoms with Crippen LogP contribution in [-0.2, 0) is 4.79 Å². The lowest BCUT2D eigenvalue weighted by molar-refractivity contribution is -0.111. The molecule has 0 radical (unpaired) electrons. The van der Waals surface area contributed by atoms with Gasteiger partial charge in [-0.15, -0.1) is 0 Å². The number of carbonyl (C=O) groups excluding carboxylic acids is 1. The molecular weight excluding hydrogens is 304 g/mol. The largest absolute Gasteiger partial charge is 0.281 e. The van der Waals surface area contributed by atoms with E-state index in [-0.39, 0.29) is 5.24 Å². The van der Waals surface area contributed by atoms with Gasteiger partial charge in [-0.3, -0.25) is 4.79 Å². The van der Waals surface area contributed by atoms with Crippen LogP contribution in [0.3, 0.4) is 0 Å². The van der Waals surface area contributed by atoms with E-state index in [0.29, 0.717) is 12.3 Å². The molecule has 0 heterocycles. The maximum absolute atomic E-state index is 11.1. The first-order valence-electron chi connectivity index (χ1n) is 8.00. The summed E-state index contributed by atoms with van der Waals surface area (Å²) in [7, 11) is 0. The Balaban J connectivity index is 1.98. The van der Waals surface area contributed by atoms with Gasteiger partial charge in [0.05, 0.1) is 0 Å². The summed E-state index contributed by atoms with van der Waals surface area (Å²) in [6, 6.07) is 19.7. The van der Waals surface area contributed by atoms with Crippen molar-refractivity contribution in [2.24, 2.45) is 0 Å². The number of benzene rings is 4. The molecule has 0 N–H and O–H groups in total. The second kappa shape index (κ2) is 5.50. The minimum Gasteiger partial charge on any atom is -0.281 e. The summed E-state index contributed by atoms with van der Waals surface area (Å²) in [4.78, 5) is 11.1. The number of hydrogen-bond acceptors (Lipinski definition) is 1. The molecule has 0 saturated heterocycles. The first kappa shape index (κ1) is 14.5. The van der Waals surface area contributed by atoms with E-state index in [9.17, 15) is 4.79 Å². The summed E-state index contributed by atoms with van der Waals surface area (Å²) in [5.74, 6) is 0.308. The molecule has 4 rings (SSSR count). The molecule has 0 fully saturated rings. The van der Waals surface area contributed by atoms with E-state index in [0.717, 1.165) is 6.42 Å². The Kier molecular flexibility index (Phi) is 3.46. The lowest BCUT2D eigenvalue weighted by Gasteiger charge is -2.17. The van der Waals surface area contributed by atoms with E-state index in [2.05, 4.69) is 61.5 Å². The van der Waals surface area contributed by atoms with Crippen LogP contribution in [0.2, 0.25) is 0 Å². The van der Waals surface area contributed by atoms with Crippen LogP contribution >= 0.6 is 11.6 Å². The van der Waals surface area contributed by atoms with Crippen LogP contribution in [0.25, 0.3) is 32.3 Å². The van der Waals surface area contributed by atoms with Gasteiger partial charge in [0.15, 0.2) is 0 Å². The average Bonchev–Trinajstić information content (AvgIpc) is 2.57. The minimum atomic E-state index is -0.255. The summed E-state index contributed by atoms with van der Waals surface area (Å²) in [5, 5.41) is 7.54. The van der Waals surface area contributed by atoms with Crippen molar-refractivity contribution in [3.8, 4) is 0 Å². The second-order valence-electron chi connectivity index (χ2n) is 6.31. The SMILES string of the molecule is CC(CCC(=O)Cl)c1ccc2ccc3cccc4ccc1c2c34. The van der Waals surface area contributed by atoms with Crippen LogP contribution in [0, 0.1) is 0 Å². The molecule has 0 amide bonds. The fourth-order valence-corrected chi connectivity index (χ4v) is 3.78. The molecule has 2 heteroatoms. The number of halogens is 1. The molecule has 0 aliphatic carbocycles. The summed E-state index contributed by atoms with van der Waals surface area (Å²) in [5.41, 5.74) is 1.30. The Bertz CT molecular complexity index is 1000. The molecule has 0 spiro atoms. The highest BCUT2D eigenvalue weighted by Gasteiger charge is 2.15. The lowest BCUT2D eigenvalue weighted by atomic mass is 9.87. The van der Waals surface area contributed by atoms with E-state index in [4.69, 9.17) is 11.6 Å². The first-order chi connectivity index (χ1) is 11.1. The van der Waals surface area contributed by atoms with Crippen molar-refractivity contribution >= 4 is 49.2 Å². The van der Waals surface area contributed by atoms with Crippen LogP contribution in [0.5, 0.6) is 0 Å². The standard InChI is InChI=1S/C21H17ClO/c1-13(5-12-19(22)23)17-10-8-16-7-6-14-3-2-4-15-9-11-18(17)21(16)20(14)15/h2-4,6-11,13H,5,12H2,1H3. The van der Waals surface area contributed by atoms with Gasteiger partial charge in [0.1, 0.15) is 0 Å². The van der Waals surface area contributed by atoms with E-state index < -0.39 is 0 Å². The summed E-state index contributed by atoms with van der Waals surface area (Å²) in [6.07, 6.45) is 1.21. The van der Waals surface area contributed by atoms with Gasteiger partial charge in [-0.25, -0.2) is 0 Å². The molecule has 0 aromatic heterocycles. The second-order valence-corrected chi connectivity index (χ2v) is 6.73. The third-order valence-electron chi connectivity index (χ3n) is 4.87. The van der Waals surface area contributed by atoms with Gasteiger partial charge >= 0.3 is 0 Å². The first-order valence-corrected chi connectivity index (χ1v) is 8.37. The Morgan fingerprint density at radius 1 is 0.913 bits per heavy atom. The highest BCUT2D eigenvalue weighted by atomic mass is 35.5. The monoisotopic (exact) mass is 320 g/mol. The normalized spacial score (nSPS) is 13.1. The molecule has 23 heavy (non-hydrogen) atoms. The molecule has 1 nitrogen and oxygen atoms in total. The van der Waals surface area contributed by atoms with E-state index in [1.165, 1.54) is 37.9 Å². The van der Waals surface area contributed by atoms with Gasteiger partial charge in [0.25, 0.3) is 0 Å². The van der Waals surface area contributed by atoms with Gasteiger partial charge in [-0.2, -0.15) is 0 Å². The van der Waals surface area contributed by atoms with Gasteiger partial charge in [0.2, 0.25) is 5.24 Å². The van der Waals surface area contributed by atoms with Gasteiger partial charge < -0.3 is 0 Å². The smallest absolute Gasteiger partial charge is 0.221 e. The molecule has 1 unspecified atom stereocenters. The lowest BCUT2D eigenvalue weighted by Crippen LogP contribution is -1.98. The maximum Gasteiger partial charge on any atom is 0.221 e. The summed E-state index contributed by atoms with van der Waals surface area (Å²) < 4.78 is 0. The third kappa shape index (κ3) is 2.36.